The van der Waals surface area contributed by atoms with E-state index in [1.54, 1.807) is 6.92 Å². The first-order valence-electron chi connectivity index (χ1n) is 5.47. The van der Waals surface area contributed by atoms with Crippen LogP contribution >= 0.6 is 11.6 Å². The van der Waals surface area contributed by atoms with Gasteiger partial charge >= 0.3 is 0 Å². The molecule has 0 aliphatic heterocycles. The SMILES string of the molecule is Cc1nc(COc2cc([N+](=O)[O-])ccc2Cl)oc1C. The van der Waals surface area contributed by atoms with E-state index in [9.17, 15) is 10.1 Å². The number of oxazole rings is 1. The van der Waals surface area contributed by atoms with Gasteiger partial charge in [-0.3, -0.25) is 10.1 Å². The molecule has 2 rings (SSSR count). The lowest BCUT2D eigenvalue weighted by Gasteiger charge is -2.05. The normalized spacial score (nSPS) is 10.5. The van der Waals surface area contributed by atoms with Crippen LogP contribution in [0.1, 0.15) is 17.3 Å². The van der Waals surface area contributed by atoms with E-state index in [0.717, 1.165) is 5.69 Å². The van der Waals surface area contributed by atoms with Gasteiger partial charge in [0.25, 0.3) is 5.69 Å². The van der Waals surface area contributed by atoms with E-state index in [1.807, 2.05) is 6.92 Å². The summed E-state index contributed by atoms with van der Waals surface area (Å²) in [7, 11) is 0. The predicted molar refractivity (Wildman–Crippen MR) is 68.4 cm³/mol. The van der Waals surface area contributed by atoms with Crippen LogP contribution in [0.4, 0.5) is 5.69 Å². The van der Waals surface area contributed by atoms with Crippen LogP contribution in [0.2, 0.25) is 5.02 Å². The van der Waals surface area contributed by atoms with Gasteiger partial charge in [-0.1, -0.05) is 11.6 Å². The molecular formula is C12H11ClN2O4. The Morgan fingerprint density at radius 2 is 2.21 bits per heavy atom. The van der Waals surface area contributed by atoms with Gasteiger partial charge in [-0.25, -0.2) is 4.98 Å². The highest BCUT2D eigenvalue weighted by Gasteiger charge is 2.12. The summed E-state index contributed by atoms with van der Waals surface area (Å²) in [6, 6.07) is 4.00. The van der Waals surface area contributed by atoms with Crippen molar-refractivity contribution in [1.82, 2.24) is 4.98 Å². The number of aryl methyl sites for hydroxylation is 2. The second kappa shape index (κ2) is 5.27. The second-order valence-electron chi connectivity index (χ2n) is 3.91. The van der Waals surface area contributed by atoms with Crippen LogP contribution in [0.15, 0.2) is 22.6 Å². The highest BCUT2D eigenvalue weighted by molar-refractivity contribution is 6.32. The second-order valence-corrected chi connectivity index (χ2v) is 4.32. The molecule has 0 atom stereocenters. The largest absolute Gasteiger partial charge is 0.482 e. The van der Waals surface area contributed by atoms with Gasteiger partial charge in [-0.05, 0) is 19.9 Å². The minimum absolute atomic E-state index is 0.0650. The van der Waals surface area contributed by atoms with Crippen LogP contribution in [-0.4, -0.2) is 9.91 Å². The number of benzene rings is 1. The van der Waals surface area contributed by atoms with Gasteiger partial charge in [-0.2, -0.15) is 0 Å². The lowest BCUT2D eigenvalue weighted by atomic mass is 10.3. The van der Waals surface area contributed by atoms with Crippen molar-refractivity contribution in [3.63, 3.8) is 0 Å². The third-order valence-electron chi connectivity index (χ3n) is 2.55. The molecular weight excluding hydrogens is 272 g/mol. The van der Waals surface area contributed by atoms with Gasteiger partial charge in [0.05, 0.1) is 21.7 Å². The fraction of sp³-hybridized carbons (Fsp3) is 0.250. The Balaban J connectivity index is 2.14. The number of nitrogens with zero attached hydrogens (tertiary/aromatic N) is 2. The Hall–Kier alpha value is -2.08. The van der Waals surface area contributed by atoms with Crippen molar-refractivity contribution in [1.29, 1.82) is 0 Å². The van der Waals surface area contributed by atoms with E-state index in [2.05, 4.69) is 4.98 Å². The zero-order valence-electron chi connectivity index (χ0n) is 10.3. The lowest BCUT2D eigenvalue weighted by Crippen LogP contribution is -1.97. The van der Waals surface area contributed by atoms with Crippen LogP contribution in [0.5, 0.6) is 5.75 Å². The third-order valence-corrected chi connectivity index (χ3v) is 2.86. The molecule has 0 amide bonds. The van der Waals surface area contributed by atoms with Crippen LogP contribution in [-0.2, 0) is 6.61 Å². The summed E-state index contributed by atoms with van der Waals surface area (Å²) in [5.74, 6) is 1.34. The van der Waals surface area contributed by atoms with Crippen molar-refractivity contribution < 1.29 is 14.1 Å². The van der Waals surface area contributed by atoms with E-state index in [0.29, 0.717) is 16.7 Å². The molecule has 2 aromatic rings. The van der Waals surface area contributed by atoms with E-state index in [-0.39, 0.29) is 18.0 Å². The number of rotatable bonds is 4. The zero-order chi connectivity index (χ0) is 14.0. The first kappa shape index (κ1) is 13.4. The van der Waals surface area contributed by atoms with E-state index < -0.39 is 4.92 Å². The standard InChI is InChI=1S/C12H11ClN2O4/c1-7-8(2)19-12(14-7)6-18-11-5-9(15(16)17)3-4-10(11)13/h3-5H,6H2,1-2H3. The molecule has 6 nitrogen and oxygen atoms in total. The van der Waals surface area contributed by atoms with Gasteiger partial charge < -0.3 is 9.15 Å². The molecule has 19 heavy (non-hydrogen) atoms. The number of hydrogen-bond acceptors (Lipinski definition) is 5. The Bertz CT molecular complexity index is 605. The molecule has 0 unspecified atom stereocenters. The molecule has 1 aromatic carbocycles. The average Bonchev–Trinajstić information content (AvgIpc) is 2.67. The van der Waals surface area contributed by atoms with Gasteiger partial charge in [-0.15, -0.1) is 0 Å². The minimum atomic E-state index is -0.511. The Labute approximate surface area is 114 Å². The molecule has 1 aromatic heterocycles. The van der Waals surface area contributed by atoms with Gasteiger partial charge in [0.1, 0.15) is 11.5 Å². The van der Waals surface area contributed by atoms with Crippen molar-refractivity contribution >= 4 is 17.3 Å². The van der Waals surface area contributed by atoms with Gasteiger partial charge in [0.2, 0.25) is 5.89 Å². The number of nitro benzene ring substituents is 1. The smallest absolute Gasteiger partial charge is 0.273 e. The van der Waals surface area contributed by atoms with Crippen LogP contribution in [0.25, 0.3) is 0 Å². The molecule has 100 valence electrons. The molecule has 0 radical (unpaired) electrons. The summed E-state index contributed by atoms with van der Waals surface area (Å²) in [5, 5.41) is 11.0. The summed E-state index contributed by atoms with van der Waals surface area (Å²) in [6.07, 6.45) is 0. The number of aromatic nitrogens is 1. The summed E-state index contributed by atoms with van der Waals surface area (Å²) in [6.45, 7) is 3.68. The van der Waals surface area contributed by atoms with Crippen LogP contribution in [0.3, 0.4) is 0 Å². The van der Waals surface area contributed by atoms with Crippen molar-refractivity contribution in [2.45, 2.75) is 20.5 Å². The number of ether oxygens (including phenoxy) is 1. The first-order valence-corrected chi connectivity index (χ1v) is 5.85. The molecule has 0 spiro atoms. The predicted octanol–water partition coefficient (Wildman–Crippen LogP) is 3.43. The highest BCUT2D eigenvalue weighted by Crippen LogP contribution is 2.29. The van der Waals surface area contributed by atoms with Crippen molar-refractivity contribution in [3.8, 4) is 5.75 Å². The molecule has 0 N–H and O–H groups in total. The molecule has 0 bridgehead atoms. The van der Waals surface area contributed by atoms with Crippen LogP contribution in [0, 0.1) is 24.0 Å². The zero-order valence-corrected chi connectivity index (χ0v) is 11.1. The topological polar surface area (TPSA) is 78.4 Å². The molecule has 7 heteroatoms. The Kier molecular flexibility index (Phi) is 3.71. The van der Waals surface area contributed by atoms with Crippen molar-refractivity contribution in [3.05, 3.63) is 50.7 Å². The van der Waals surface area contributed by atoms with Gasteiger partial charge in [0.15, 0.2) is 6.61 Å². The highest BCUT2D eigenvalue weighted by atomic mass is 35.5. The number of halogens is 1. The number of nitro groups is 1. The van der Waals surface area contributed by atoms with E-state index in [1.165, 1.54) is 18.2 Å². The maximum atomic E-state index is 10.7. The fourth-order valence-electron chi connectivity index (χ4n) is 1.46. The molecule has 0 aliphatic rings. The molecule has 0 aliphatic carbocycles. The maximum Gasteiger partial charge on any atom is 0.273 e. The lowest BCUT2D eigenvalue weighted by molar-refractivity contribution is -0.384. The quantitative estimate of drug-likeness (QED) is 0.634. The summed E-state index contributed by atoms with van der Waals surface area (Å²) in [5.41, 5.74) is 0.697. The van der Waals surface area contributed by atoms with Crippen molar-refractivity contribution in [2.24, 2.45) is 0 Å². The Morgan fingerprint density at radius 1 is 1.47 bits per heavy atom. The minimum Gasteiger partial charge on any atom is -0.482 e. The molecule has 0 fully saturated rings. The monoisotopic (exact) mass is 282 g/mol. The summed E-state index contributed by atoms with van der Waals surface area (Å²) >= 11 is 5.90. The molecule has 0 saturated heterocycles. The molecule has 1 heterocycles. The average molecular weight is 283 g/mol. The van der Waals surface area contributed by atoms with E-state index in [4.69, 9.17) is 20.8 Å². The van der Waals surface area contributed by atoms with Crippen LogP contribution < -0.4 is 4.74 Å². The maximum absolute atomic E-state index is 10.7. The number of hydrogen-bond donors (Lipinski definition) is 0. The summed E-state index contributed by atoms with van der Waals surface area (Å²) in [4.78, 5) is 14.3. The third kappa shape index (κ3) is 3.03. The molecule has 0 saturated carbocycles. The first-order chi connectivity index (χ1) is 8.97. The summed E-state index contributed by atoms with van der Waals surface area (Å²) < 4.78 is 10.7. The Morgan fingerprint density at radius 3 is 2.79 bits per heavy atom. The number of non-ortho nitro benzene ring substituents is 1. The van der Waals surface area contributed by atoms with Crippen molar-refractivity contribution in [2.75, 3.05) is 0 Å². The van der Waals surface area contributed by atoms with E-state index >= 15 is 0 Å². The van der Waals surface area contributed by atoms with Gasteiger partial charge in [0, 0.05) is 6.07 Å². The fourth-order valence-corrected chi connectivity index (χ4v) is 1.63.